The normalized spacial score (nSPS) is 14.3. The van der Waals surface area contributed by atoms with Crippen LogP contribution >= 0.6 is 23.2 Å². The summed E-state index contributed by atoms with van der Waals surface area (Å²) in [6, 6.07) is 8.58. The lowest BCUT2D eigenvalue weighted by Gasteiger charge is -2.19. The van der Waals surface area contributed by atoms with E-state index in [9.17, 15) is 4.79 Å². The minimum absolute atomic E-state index is 0.127. The van der Waals surface area contributed by atoms with Gasteiger partial charge < -0.3 is 19.9 Å². The Labute approximate surface area is 199 Å². The zero-order chi connectivity index (χ0) is 22.9. The van der Waals surface area contributed by atoms with Gasteiger partial charge in [-0.1, -0.05) is 35.4 Å². The Morgan fingerprint density at radius 1 is 1.18 bits per heavy atom. The molecule has 3 heterocycles. The summed E-state index contributed by atoms with van der Waals surface area (Å²) in [6.45, 7) is 1.49. The van der Waals surface area contributed by atoms with Gasteiger partial charge in [0.25, 0.3) is 5.91 Å². The number of H-pyrrole nitrogens is 1. The highest BCUT2D eigenvalue weighted by Crippen LogP contribution is 2.30. The monoisotopic (exact) mass is 482 g/mol. The average Bonchev–Trinajstić information content (AvgIpc) is 3.48. The molecule has 1 amide bonds. The highest BCUT2D eigenvalue weighted by Gasteiger charge is 2.22. The molecule has 0 bridgehead atoms. The molecule has 8 nitrogen and oxygen atoms in total. The highest BCUT2D eigenvalue weighted by atomic mass is 35.5. The second kappa shape index (κ2) is 8.97. The number of hydrogen-bond acceptors (Lipinski definition) is 6. The van der Waals surface area contributed by atoms with Crippen LogP contribution in [-0.4, -0.2) is 57.5 Å². The van der Waals surface area contributed by atoms with Crippen LogP contribution in [0.5, 0.6) is 0 Å². The zero-order valence-corrected chi connectivity index (χ0v) is 19.2. The predicted molar refractivity (Wildman–Crippen MR) is 129 cm³/mol. The zero-order valence-electron chi connectivity index (χ0n) is 17.7. The van der Waals surface area contributed by atoms with Crippen LogP contribution in [0.2, 0.25) is 10.0 Å². The largest absolute Gasteiger partial charge is 0.382 e. The molecule has 10 heteroatoms. The number of methoxy groups -OCH3 is 1. The molecule has 33 heavy (non-hydrogen) atoms. The van der Waals surface area contributed by atoms with E-state index in [-0.39, 0.29) is 11.9 Å². The maximum atomic E-state index is 12.9. The van der Waals surface area contributed by atoms with Gasteiger partial charge in [0.15, 0.2) is 0 Å². The lowest BCUT2D eigenvalue weighted by molar-refractivity contribution is 0.0800. The number of aromatic nitrogens is 4. The number of aromatic amines is 1. The molecule has 0 fully saturated rings. The van der Waals surface area contributed by atoms with Crippen molar-refractivity contribution in [1.82, 2.24) is 24.8 Å². The van der Waals surface area contributed by atoms with E-state index in [4.69, 9.17) is 27.9 Å². The van der Waals surface area contributed by atoms with Gasteiger partial charge in [-0.05, 0) is 30.3 Å². The first-order valence-corrected chi connectivity index (χ1v) is 11.1. The number of benzene rings is 2. The molecule has 0 unspecified atom stereocenters. The van der Waals surface area contributed by atoms with Crippen molar-refractivity contribution in [3.8, 4) is 0 Å². The number of nitrogens with one attached hydrogen (secondary N) is 2. The number of amides is 1. The number of carbonyl (C=O) groups excluding carboxylic acids is 1. The summed E-state index contributed by atoms with van der Waals surface area (Å²) in [6.07, 6.45) is 5.37. The molecule has 1 atom stereocenters. The van der Waals surface area contributed by atoms with Gasteiger partial charge in [-0.3, -0.25) is 4.79 Å². The minimum Gasteiger partial charge on any atom is -0.382 e. The van der Waals surface area contributed by atoms with E-state index < -0.39 is 0 Å². The van der Waals surface area contributed by atoms with Crippen LogP contribution < -0.4 is 5.32 Å². The number of carbonyl (C=O) groups is 1. The smallest absolute Gasteiger partial charge is 0.256 e. The van der Waals surface area contributed by atoms with E-state index in [2.05, 4.69) is 25.3 Å². The highest BCUT2D eigenvalue weighted by molar-refractivity contribution is 6.35. The molecule has 2 aromatic carbocycles. The molecule has 168 valence electrons. The van der Waals surface area contributed by atoms with Gasteiger partial charge in [0.2, 0.25) is 0 Å². The van der Waals surface area contributed by atoms with Crippen LogP contribution in [0, 0.1) is 0 Å². The fourth-order valence-corrected chi connectivity index (χ4v) is 4.27. The van der Waals surface area contributed by atoms with E-state index >= 15 is 0 Å². The molecule has 1 aliphatic heterocycles. The number of fused-ring (bicyclic) bond motifs is 2. The van der Waals surface area contributed by atoms with Crippen molar-refractivity contribution < 1.29 is 9.53 Å². The molecule has 0 aliphatic carbocycles. The number of hydrogen-bond donors (Lipinski definition) is 2. The second-order valence-corrected chi connectivity index (χ2v) is 8.53. The van der Waals surface area contributed by atoms with Crippen molar-refractivity contribution in [2.45, 2.75) is 6.04 Å². The Morgan fingerprint density at radius 3 is 2.79 bits per heavy atom. The van der Waals surface area contributed by atoms with E-state index in [1.807, 2.05) is 24.3 Å². The third kappa shape index (κ3) is 4.25. The fraction of sp³-hybridized carbons (Fsp3) is 0.217. The summed E-state index contributed by atoms with van der Waals surface area (Å²) in [5.41, 5.74) is 2.66. The molecule has 0 radical (unpaired) electrons. The number of imidazole rings is 1. The van der Waals surface area contributed by atoms with E-state index in [0.717, 1.165) is 11.0 Å². The minimum atomic E-state index is -0.324. The van der Waals surface area contributed by atoms with Crippen LogP contribution in [-0.2, 0) is 4.74 Å². The number of ether oxygens (including phenoxy) is 1. The molecule has 5 rings (SSSR count). The topological polar surface area (TPSA) is 96.0 Å². The maximum Gasteiger partial charge on any atom is 0.256 e. The second-order valence-electron chi connectivity index (χ2n) is 7.69. The molecule has 0 spiro atoms. The van der Waals surface area contributed by atoms with E-state index in [0.29, 0.717) is 57.9 Å². The van der Waals surface area contributed by atoms with Crippen LogP contribution in [0.1, 0.15) is 22.2 Å². The Balaban J connectivity index is 1.49. The SMILES string of the molecule is COC[C@@H](Nc1ncnc2cc(C(=O)N3CC=CC3)c(Cl)cc12)c1nc2ccc(Cl)cc2[nH]1. The molecule has 4 aromatic rings. The molecule has 1 aliphatic rings. The van der Waals surface area contributed by atoms with Crippen molar-refractivity contribution in [1.29, 1.82) is 0 Å². The summed E-state index contributed by atoms with van der Waals surface area (Å²) >= 11 is 12.6. The predicted octanol–water partition coefficient (Wildman–Crippen LogP) is 4.62. The summed E-state index contributed by atoms with van der Waals surface area (Å²) in [4.78, 5) is 31.3. The number of nitrogens with zero attached hydrogens (tertiary/aromatic N) is 4. The van der Waals surface area contributed by atoms with Crippen LogP contribution in [0.25, 0.3) is 21.9 Å². The van der Waals surface area contributed by atoms with Crippen LogP contribution in [0.4, 0.5) is 5.82 Å². The third-order valence-corrected chi connectivity index (χ3v) is 6.04. The Bertz CT molecular complexity index is 1380. The lowest BCUT2D eigenvalue weighted by Crippen LogP contribution is -2.28. The van der Waals surface area contributed by atoms with Gasteiger partial charge in [-0.15, -0.1) is 0 Å². The van der Waals surface area contributed by atoms with Gasteiger partial charge in [-0.2, -0.15) is 0 Å². The summed E-state index contributed by atoms with van der Waals surface area (Å²) in [5, 5.41) is 5.04. The first kappa shape index (κ1) is 21.6. The van der Waals surface area contributed by atoms with E-state index in [1.165, 1.54) is 6.33 Å². The standard InChI is InChI=1S/C23H20Cl2N6O2/c1-33-11-20(22-28-17-5-4-13(24)8-19(17)29-22)30-21-15-9-16(25)14(10-18(15)26-12-27-21)23(32)31-6-2-3-7-31/h2-5,8-10,12,20H,6-7,11H2,1H3,(H,28,29)(H,26,27,30)/t20-/m1/s1. The Morgan fingerprint density at radius 2 is 2.00 bits per heavy atom. The van der Waals surface area contributed by atoms with Crippen molar-refractivity contribution in [2.75, 3.05) is 32.1 Å². The molecule has 2 N–H and O–H groups in total. The van der Waals surface area contributed by atoms with Gasteiger partial charge in [0, 0.05) is 30.6 Å². The lowest BCUT2D eigenvalue weighted by atomic mass is 10.1. The number of rotatable bonds is 6. The quantitative estimate of drug-likeness (QED) is 0.389. The van der Waals surface area contributed by atoms with Gasteiger partial charge in [0.1, 0.15) is 24.0 Å². The van der Waals surface area contributed by atoms with Gasteiger partial charge >= 0.3 is 0 Å². The van der Waals surface area contributed by atoms with Crippen molar-refractivity contribution in [3.05, 3.63) is 70.2 Å². The summed E-state index contributed by atoms with van der Waals surface area (Å²) < 4.78 is 5.42. The van der Waals surface area contributed by atoms with Crippen LogP contribution in [0.15, 0.2) is 48.8 Å². The maximum absolute atomic E-state index is 12.9. The number of anilines is 1. The molecule has 0 saturated heterocycles. The van der Waals surface area contributed by atoms with Gasteiger partial charge in [0.05, 0.1) is 33.7 Å². The fourth-order valence-electron chi connectivity index (χ4n) is 3.86. The number of halogens is 2. The van der Waals surface area contributed by atoms with Gasteiger partial charge in [-0.25, -0.2) is 15.0 Å². The average molecular weight is 483 g/mol. The Kier molecular flexibility index (Phi) is 5.88. The van der Waals surface area contributed by atoms with Crippen molar-refractivity contribution in [2.24, 2.45) is 0 Å². The summed E-state index contributed by atoms with van der Waals surface area (Å²) in [7, 11) is 1.62. The Hall–Kier alpha value is -3.20. The van der Waals surface area contributed by atoms with Crippen LogP contribution in [0.3, 0.4) is 0 Å². The molecular formula is C23H20Cl2N6O2. The first-order valence-electron chi connectivity index (χ1n) is 10.3. The summed E-state index contributed by atoms with van der Waals surface area (Å²) in [5.74, 6) is 1.11. The molecular weight excluding hydrogens is 463 g/mol. The molecule has 2 aromatic heterocycles. The molecule has 0 saturated carbocycles. The van der Waals surface area contributed by atoms with E-state index in [1.54, 1.807) is 30.2 Å². The van der Waals surface area contributed by atoms with Crippen molar-refractivity contribution in [3.63, 3.8) is 0 Å². The third-order valence-electron chi connectivity index (χ3n) is 5.50. The van der Waals surface area contributed by atoms with Crippen molar-refractivity contribution >= 4 is 56.9 Å². The first-order chi connectivity index (χ1) is 16.0.